The van der Waals surface area contributed by atoms with Crippen molar-refractivity contribution >= 4 is 29.7 Å². The Bertz CT molecular complexity index is 1860. The molecule has 43 heavy (non-hydrogen) atoms. The molecule has 222 valence electrons. The number of hydrogen-bond donors (Lipinski definition) is 2. The van der Waals surface area contributed by atoms with E-state index in [1.54, 1.807) is 0 Å². The van der Waals surface area contributed by atoms with Crippen molar-refractivity contribution in [3.8, 4) is 12.1 Å². The zero-order valence-corrected chi connectivity index (χ0v) is 26.3. The van der Waals surface area contributed by atoms with Crippen molar-refractivity contribution in [3.63, 3.8) is 0 Å². The van der Waals surface area contributed by atoms with Gasteiger partial charge < -0.3 is 19.4 Å². The molecule has 0 amide bonds. The minimum Gasteiger partial charge on any atom is -0.355 e. The van der Waals surface area contributed by atoms with Crippen LogP contribution in [0.15, 0.2) is 26.8 Å². The van der Waals surface area contributed by atoms with E-state index in [4.69, 9.17) is 19.5 Å². The van der Waals surface area contributed by atoms with Crippen LogP contribution in [-0.2, 0) is 9.47 Å². The third-order valence-electron chi connectivity index (χ3n) is 10.3. The Balaban J connectivity index is 1.34. The van der Waals surface area contributed by atoms with Crippen molar-refractivity contribution in [2.24, 2.45) is 15.4 Å². The van der Waals surface area contributed by atoms with Crippen molar-refractivity contribution in [3.05, 3.63) is 61.2 Å². The Hall–Kier alpha value is -3.98. The van der Waals surface area contributed by atoms with Gasteiger partial charge in [0.25, 0.3) is 0 Å². The number of rotatable bonds is 3. The predicted molar refractivity (Wildman–Crippen MR) is 169 cm³/mol. The summed E-state index contributed by atoms with van der Waals surface area (Å²) in [6.07, 6.45) is 10.1. The van der Waals surface area contributed by atoms with Gasteiger partial charge in [0.15, 0.2) is 5.79 Å². The second-order valence-electron chi connectivity index (χ2n) is 13.2. The van der Waals surface area contributed by atoms with Gasteiger partial charge in [-0.05, 0) is 106 Å². The summed E-state index contributed by atoms with van der Waals surface area (Å²) in [5, 5.41) is 21.7. The number of ether oxygens (including phenoxy) is 2. The first-order valence-corrected chi connectivity index (χ1v) is 15.2. The smallest absolute Gasteiger partial charge is 0.169 e. The maximum absolute atomic E-state index is 9.86. The van der Waals surface area contributed by atoms with Gasteiger partial charge in [-0.1, -0.05) is 13.8 Å². The van der Waals surface area contributed by atoms with Crippen molar-refractivity contribution < 1.29 is 9.47 Å². The van der Waals surface area contributed by atoms with Crippen molar-refractivity contribution in [2.75, 3.05) is 13.2 Å². The molecule has 5 heterocycles. The van der Waals surface area contributed by atoms with E-state index < -0.39 is 11.3 Å². The van der Waals surface area contributed by atoms with Crippen LogP contribution >= 0.6 is 0 Å². The van der Waals surface area contributed by atoms with Gasteiger partial charge in [-0.3, -0.25) is 4.99 Å². The van der Waals surface area contributed by atoms with Crippen LogP contribution < -0.4 is 10.7 Å². The zero-order valence-electron chi connectivity index (χ0n) is 26.3. The molecule has 1 fully saturated rings. The summed E-state index contributed by atoms with van der Waals surface area (Å²) in [4.78, 5) is 16.8. The number of aromatic amines is 2. The van der Waals surface area contributed by atoms with Crippen molar-refractivity contribution in [1.29, 1.82) is 10.5 Å². The van der Waals surface area contributed by atoms with E-state index in [0.29, 0.717) is 18.9 Å². The number of nitrogens with one attached hydrogen (secondary N) is 2. The molecule has 8 heteroatoms. The van der Waals surface area contributed by atoms with E-state index in [9.17, 15) is 10.5 Å². The molecule has 1 atom stereocenters. The van der Waals surface area contributed by atoms with Gasteiger partial charge in [0, 0.05) is 46.1 Å². The van der Waals surface area contributed by atoms with Gasteiger partial charge in [-0.25, -0.2) is 4.99 Å². The van der Waals surface area contributed by atoms with Crippen LogP contribution in [0.1, 0.15) is 86.5 Å². The molecule has 2 N–H and O–H groups in total. The second kappa shape index (κ2) is 10.3. The number of nitriles is 2. The third kappa shape index (κ3) is 4.83. The van der Waals surface area contributed by atoms with Crippen LogP contribution in [-0.4, -0.2) is 45.9 Å². The lowest BCUT2D eigenvalue weighted by atomic mass is 9.74. The van der Waals surface area contributed by atoms with E-state index >= 15 is 0 Å². The Labute approximate surface area is 253 Å². The molecule has 0 bridgehead atoms. The fraction of sp³-hybridized carbons (Fsp3) is 0.486. The first-order valence-electron chi connectivity index (χ1n) is 15.2. The molecule has 1 unspecified atom stereocenters. The normalized spacial score (nSPS) is 26.1. The lowest BCUT2D eigenvalue weighted by Gasteiger charge is -2.29. The standard InChI is InChI=1S/C35H40N6O2/c1-20-21(2)28(38-27(20)14-24-17-33(5,6)34(7,19-37)41-24)15-29-22(3)23(4)30(39-29)16-31-25-8-10-35(42-12-13-43-35)11-9-26(25)32(18-36)40-31/h14-16,38-39H,8-13,17H2,1-7H3/b27-14-,28-15-,31-16-. The van der Waals surface area contributed by atoms with Gasteiger partial charge in [0.2, 0.25) is 0 Å². The van der Waals surface area contributed by atoms with Crippen LogP contribution in [0.3, 0.4) is 0 Å². The highest BCUT2D eigenvalue weighted by atomic mass is 16.7. The SMILES string of the molecule is Cc1c(/C=C2\N=C(C#N)C3=C2CCC2(CC3)OCCO2)[nH]c(/C=c2\[nH]/c(=C\C3=NC(C)(C#N)C(C)(C)C3)c(C)c2C)c1C. The summed E-state index contributed by atoms with van der Waals surface area (Å²) < 4.78 is 12.0. The fourth-order valence-corrected chi connectivity index (χ4v) is 6.72. The van der Waals surface area contributed by atoms with E-state index in [-0.39, 0.29) is 5.41 Å². The zero-order chi connectivity index (χ0) is 30.7. The molecule has 1 aliphatic carbocycles. The maximum Gasteiger partial charge on any atom is 0.169 e. The number of H-pyrrole nitrogens is 2. The number of hydrogen-bond acceptors (Lipinski definition) is 6. The molecule has 0 saturated carbocycles. The highest BCUT2D eigenvalue weighted by Gasteiger charge is 2.46. The van der Waals surface area contributed by atoms with E-state index in [2.05, 4.69) is 81.9 Å². The van der Waals surface area contributed by atoms with Crippen LogP contribution in [0, 0.1) is 55.8 Å². The molecule has 1 spiro atoms. The average molecular weight is 577 g/mol. The Morgan fingerprint density at radius 3 is 2.00 bits per heavy atom. The largest absolute Gasteiger partial charge is 0.355 e. The monoisotopic (exact) mass is 576 g/mol. The van der Waals surface area contributed by atoms with Gasteiger partial charge in [-0.2, -0.15) is 10.5 Å². The van der Waals surface area contributed by atoms with Crippen LogP contribution in [0.4, 0.5) is 0 Å². The number of aliphatic imine (C=N–C) groups is 2. The summed E-state index contributed by atoms with van der Waals surface area (Å²) in [5.41, 5.74) is 10.2. The molecule has 0 aromatic carbocycles. The molecule has 2 aromatic rings. The minimum atomic E-state index is -0.725. The molecule has 0 radical (unpaired) electrons. The van der Waals surface area contributed by atoms with Gasteiger partial charge in [-0.15, -0.1) is 0 Å². The number of nitrogens with zero attached hydrogens (tertiary/aromatic N) is 4. The van der Waals surface area contributed by atoms with Crippen molar-refractivity contribution in [1.82, 2.24) is 9.97 Å². The lowest BCUT2D eigenvalue weighted by molar-refractivity contribution is -0.164. The molecular weight excluding hydrogens is 536 g/mol. The quantitative estimate of drug-likeness (QED) is 0.517. The summed E-state index contributed by atoms with van der Waals surface area (Å²) in [6.45, 7) is 15.9. The average Bonchev–Trinajstić information content (AvgIpc) is 3.71. The first kappa shape index (κ1) is 29.1. The highest BCUT2D eigenvalue weighted by Crippen LogP contribution is 2.44. The maximum atomic E-state index is 9.86. The van der Waals surface area contributed by atoms with E-state index in [1.165, 1.54) is 16.7 Å². The predicted octanol–water partition coefficient (Wildman–Crippen LogP) is 5.27. The summed E-state index contributed by atoms with van der Waals surface area (Å²) >= 11 is 0. The minimum absolute atomic E-state index is 0.216. The summed E-state index contributed by atoms with van der Waals surface area (Å²) in [7, 11) is 0. The van der Waals surface area contributed by atoms with Gasteiger partial charge in [0.05, 0.1) is 25.0 Å². The molecule has 6 rings (SSSR count). The Kier molecular flexibility index (Phi) is 6.99. The van der Waals surface area contributed by atoms with Crippen molar-refractivity contribution in [2.45, 2.75) is 91.9 Å². The van der Waals surface area contributed by atoms with Crippen LogP contribution in [0.2, 0.25) is 0 Å². The Morgan fingerprint density at radius 1 is 0.791 bits per heavy atom. The van der Waals surface area contributed by atoms with Gasteiger partial charge in [0.1, 0.15) is 17.3 Å². The lowest BCUT2D eigenvalue weighted by Crippen LogP contribution is -2.34. The first-order chi connectivity index (χ1) is 20.4. The second-order valence-corrected chi connectivity index (χ2v) is 13.2. The number of allylic oxidation sites excluding steroid dienone is 2. The van der Waals surface area contributed by atoms with E-state index in [0.717, 1.165) is 82.3 Å². The number of aromatic nitrogens is 2. The molecule has 3 aliphatic heterocycles. The molecule has 1 saturated heterocycles. The van der Waals surface area contributed by atoms with Crippen LogP contribution in [0.25, 0.3) is 18.2 Å². The molecule has 4 aliphatic rings. The van der Waals surface area contributed by atoms with E-state index in [1.807, 2.05) is 6.92 Å². The summed E-state index contributed by atoms with van der Waals surface area (Å²) in [6, 6.07) is 4.74. The topological polar surface area (TPSA) is 122 Å². The van der Waals surface area contributed by atoms with Crippen LogP contribution in [0.5, 0.6) is 0 Å². The third-order valence-corrected chi connectivity index (χ3v) is 10.3. The molecular formula is C35H40N6O2. The van der Waals surface area contributed by atoms with Gasteiger partial charge >= 0.3 is 0 Å². The molecule has 8 nitrogen and oxygen atoms in total. The highest BCUT2D eigenvalue weighted by molar-refractivity contribution is 6.15. The Morgan fingerprint density at radius 2 is 1.40 bits per heavy atom. The molecule has 2 aromatic heterocycles. The summed E-state index contributed by atoms with van der Waals surface area (Å²) in [5.74, 6) is -0.532. The fourth-order valence-electron chi connectivity index (χ4n) is 6.72.